The largest absolute Gasteiger partial charge is 0.305 e. The maximum absolute atomic E-state index is 2.65. The summed E-state index contributed by atoms with van der Waals surface area (Å²) in [5.74, 6) is 0. The highest BCUT2D eigenvalue weighted by atomic mass is 15.3. The van der Waals surface area contributed by atoms with Crippen molar-refractivity contribution in [1.82, 2.24) is 9.80 Å². The molecule has 2 heterocycles. The van der Waals surface area contributed by atoms with Crippen molar-refractivity contribution in [3.63, 3.8) is 0 Å². The minimum Gasteiger partial charge on any atom is -0.305 e. The summed E-state index contributed by atoms with van der Waals surface area (Å²) in [6.45, 7) is 14.7. The fraction of sp³-hybridized carbons (Fsp3) is 1.00. The molecule has 0 amide bonds. The Morgan fingerprint density at radius 2 is 1.36 bits per heavy atom. The maximum atomic E-state index is 2.65. The minimum absolute atomic E-state index is 0.520. The third kappa shape index (κ3) is 1.31. The molecule has 0 saturated carbocycles. The lowest BCUT2D eigenvalue weighted by Crippen LogP contribution is -2.34. The molecule has 2 atom stereocenters. The van der Waals surface area contributed by atoms with Gasteiger partial charge in [0.2, 0.25) is 0 Å². The fourth-order valence-corrected chi connectivity index (χ4v) is 3.43. The second-order valence-electron chi connectivity index (χ2n) is 6.29. The maximum Gasteiger partial charge on any atom is 0.00567 e. The molecule has 2 aliphatic rings. The van der Waals surface area contributed by atoms with Crippen molar-refractivity contribution in [3.8, 4) is 0 Å². The molecule has 0 radical (unpaired) electrons. The van der Waals surface area contributed by atoms with E-state index in [-0.39, 0.29) is 0 Å². The van der Waals surface area contributed by atoms with E-state index in [0.29, 0.717) is 16.9 Å². The second kappa shape index (κ2) is 2.96. The van der Waals surface area contributed by atoms with Gasteiger partial charge in [-0.15, -0.1) is 0 Å². The predicted molar refractivity (Wildman–Crippen MR) is 60.4 cm³/mol. The molecule has 0 N–H and O–H groups in total. The molecule has 0 aromatic heterocycles. The predicted octanol–water partition coefficient (Wildman–Crippen LogP) is 1.67. The van der Waals surface area contributed by atoms with Gasteiger partial charge in [0, 0.05) is 43.1 Å². The summed E-state index contributed by atoms with van der Waals surface area (Å²) in [5.41, 5.74) is 1.04. The lowest BCUT2D eigenvalue weighted by Gasteiger charge is -2.31. The molecule has 0 aliphatic carbocycles. The summed E-state index contributed by atoms with van der Waals surface area (Å²) < 4.78 is 0. The zero-order valence-electron chi connectivity index (χ0n) is 10.3. The summed E-state index contributed by atoms with van der Waals surface area (Å²) in [6, 6.07) is 0.708. The summed E-state index contributed by atoms with van der Waals surface area (Å²) in [6.07, 6.45) is 0. The van der Waals surface area contributed by atoms with E-state index in [0.717, 1.165) is 0 Å². The lowest BCUT2D eigenvalue weighted by atomic mass is 9.71. The highest BCUT2D eigenvalue weighted by Gasteiger charge is 2.56. The van der Waals surface area contributed by atoms with Gasteiger partial charge in [-0.05, 0) is 20.9 Å². The number of nitrogens with zero attached hydrogens (tertiary/aromatic N) is 2. The zero-order chi connectivity index (χ0) is 10.6. The summed E-state index contributed by atoms with van der Waals surface area (Å²) in [4.78, 5) is 5.14. The molecule has 14 heavy (non-hydrogen) atoms. The molecule has 0 aromatic carbocycles. The molecular weight excluding hydrogens is 172 g/mol. The van der Waals surface area contributed by atoms with Crippen molar-refractivity contribution >= 4 is 0 Å². The zero-order valence-corrected chi connectivity index (χ0v) is 10.3. The van der Waals surface area contributed by atoms with E-state index in [1.165, 1.54) is 26.2 Å². The van der Waals surface area contributed by atoms with Gasteiger partial charge in [0.1, 0.15) is 0 Å². The third-order valence-corrected chi connectivity index (χ3v) is 4.53. The van der Waals surface area contributed by atoms with Crippen molar-refractivity contribution in [2.75, 3.05) is 33.2 Å². The van der Waals surface area contributed by atoms with Crippen LogP contribution in [0.2, 0.25) is 0 Å². The molecule has 2 rings (SSSR count). The SMILES string of the molecule is CC(C)N1C[C@]2(C)CN(C)C[C@]2(C)C1. The average Bonchev–Trinajstić information content (AvgIpc) is 2.33. The molecule has 2 fully saturated rings. The first-order valence-electron chi connectivity index (χ1n) is 5.79. The Kier molecular flexibility index (Phi) is 2.20. The number of hydrogen-bond acceptors (Lipinski definition) is 2. The number of hydrogen-bond donors (Lipinski definition) is 0. The Bertz CT molecular complexity index is 218. The number of fused-ring (bicyclic) bond motifs is 1. The molecule has 0 spiro atoms. The Morgan fingerprint density at radius 1 is 0.929 bits per heavy atom. The van der Waals surface area contributed by atoms with Crippen LogP contribution in [0, 0.1) is 10.8 Å². The minimum atomic E-state index is 0.520. The van der Waals surface area contributed by atoms with E-state index in [4.69, 9.17) is 0 Å². The van der Waals surface area contributed by atoms with Crippen LogP contribution in [0.3, 0.4) is 0 Å². The fourth-order valence-electron chi connectivity index (χ4n) is 3.43. The molecule has 2 aliphatic heterocycles. The van der Waals surface area contributed by atoms with Crippen LogP contribution in [0.5, 0.6) is 0 Å². The van der Waals surface area contributed by atoms with Crippen LogP contribution >= 0.6 is 0 Å². The highest BCUT2D eigenvalue weighted by Crippen LogP contribution is 2.51. The van der Waals surface area contributed by atoms with E-state index in [1.54, 1.807) is 0 Å². The topological polar surface area (TPSA) is 6.48 Å². The van der Waals surface area contributed by atoms with Gasteiger partial charge in [-0.25, -0.2) is 0 Å². The Morgan fingerprint density at radius 3 is 1.71 bits per heavy atom. The van der Waals surface area contributed by atoms with Crippen molar-refractivity contribution in [2.24, 2.45) is 10.8 Å². The van der Waals surface area contributed by atoms with Crippen LogP contribution in [-0.2, 0) is 0 Å². The normalized spacial score (nSPS) is 45.0. The van der Waals surface area contributed by atoms with Crippen LogP contribution in [0.25, 0.3) is 0 Å². The number of likely N-dealkylation sites (tertiary alicyclic amines) is 2. The van der Waals surface area contributed by atoms with E-state index in [9.17, 15) is 0 Å². The van der Waals surface area contributed by atoms with Crippen molar-refractivity contribution in [2.45, 2.75) is 33.7 Å². The van der Waals surface area contributed by atoms with Gasteiger partial charge in [0.05, 0.1) is 0 Å². The van der Waals surface area contributed by atoms with Gasteiger partial charge < -0.3 is 4.90 Å². The smallest absolute Gasteiger partial charge is 0.00567 e. The molecule has 0 unspecified atom stereocenters. The van der Waals surface area contributed by atoms with Gasteiger partial charge in [-0.2, -0.15) is 0 Å². The van der Waals surface area contributed by atoms with Gasteiger partial charge in [0.15, 0.2) is 0 Å². The van der Waals surface area contributed by atoms with E-state index >= 15 is 0 Å². The average molecular weight is 196 g/mol. The number of rotatable bonds is 1. The summed E-state index contributed by atoms with van der Waals surface area (Å²) in [5, 5.41) is 0. The second-order valence-corrected chi connectivity index (χ2v) is 6.29. The van der Waals surface area contributed by atoms with Crippen LogP contribution in [0.4, 0.5) is 0 Å². The molecule has 2 saturated heterocycles. The Labute approximate surface area is 88.3 Å². The Balaban J connectivity index is 2.19. The van der Waals surface area contributed by atoms with Gasteiger partial charge in [0.25, 0.3) is 0 Å². The van der Waals surface area contributed by atoms with E-state index < -0.39 is 0 Å². The van der Waals surface area contributed by atoms with Crippen LogP contribution < -0.4 is 0 Å². The lowest BCUT2D eigenvalue weighted by molar-refractivity contribution is 0.211. The van der Waals surface area contributed by atoms with Crippen molar-refractivity contribution in [1.29, 1.82) is 0 Å². The quantitative estimate of drug-likeness (QED) is 0.629. The van der Waals surface area contributed by atoms with E-state index in [1.807, 2.05) is 0 Å². The van der Waals surface area contributed by atoms with Crippen molar-refractivity contribution in [3.05, 3.63) is 0 Å². The summed E-state index contributed by atoms with van der Waals surface area (Å²) >= 11 is 0. The van der Waals surface area contributed by atoms with Crippen LogP contribution in [0.1, 0.15) is 27.7 Å². The van der Waals surface area contributed by atoms with Gasteiger partial charge in [-0.3, -0.25) is 4.90 Å². The monoisotopic (exact) mass is 196 g/mol. The first-order chi connectivity index (χ1) is 6.36. The van der Waals surface area contributed by atoms with Gasteiger partial charge >= 0.3 is 0 Å². The highest BCUT2D eigenvalue weighted by molar-refractivity contribution is 5.09. The van der Waals surface area contributed by atoms with Crippen molar-refractivity contribution < 1.29 is 0 Å². The molecular formula is C12H24N2. The third-order valence-electron chi connectivity index (χ3n) is 4.53. The van der Waals surface area contributed by atoms with Crippen LogP contribution in [-0.4, -0.2) is 49.1 Å². The standard InChI is InChI=1S/C12H24N2/c1-10(2)14-8-11(3)6-13(5)7-12(11,4)9-14/h10H,6-9H2,1-5H3/t11-,12+. The summed E-state index contributed by atoms with van der Waals surface area (Å²) in [7, 11) is 2.26. The van der Waals surface area contributed by atoms with Crippen LogP contribution in [0.15, 0.2) is 0 Å². The Hall–Kier alpha value is -0.0800. The van der Waals surface area contributed by atoms with Gasteiger partial charge in [-0.1, -0.05) is 13.8 Å². The first kappa shape index (κ1) is 10.4. The molecule has 2 heteroatoms. The molecule has 82 valence electrons. The van der Waals surface area contributed by atoms with E-state index in [2.05, 4.69) is 44.5 Å². The first-order valence-corrected chi connectivity index (χ1v) is 5.79. The molecule has 2 nitrogen and oxygen atoms in total. The molecule has 0 aromatic rings. The molecule has 0 bridgehead atoms.